The molecule has 2 atom stereocenters. The summed E-state index contributed by atoms with van der Waals surface area (Å²) in [6.45, 7) is -0.151. The highest BCUT2D eigenvalue weighted by Gasteiger charge is 2.53. The van der Waals surface area contributed by atoms with Gasteiger partial charge in [0.1, 0.15) is 30.0 Å². The molecule has 1 unspecified atom stereocenters. The number of β-lactam (4-membered cyclic amide) rings is 1. The minimum atomic E-state index is -1.22. The van der Waals surface area contributed by atoms with Gasteiger partial charge in [-0.05, 0) is 39.6 Å². The Kier molecular flexibility index (Phi) is 6.40. The van der Waals surface area contributed by atoms with Gasteiger partial charge in [-0.15, -0.1) is 28.2 Å². The third-order valence-electron chi connectivity index (χ3n) is 5.28. The number of carboxylic acids is 1. The van der Waals surface area contributed by atoms with Crippen LogP contribution in [-0.4, -0.2) is 65.2 Å². The SMILES string of the molecule is O=C(Cn1cnnn1)NC1C(=O)N2C(C(=O)O)=C(/C=C/Sc3cc(=O)c4ccccc4s3)CS[C@H]12. The molecule has 2 N–H and O–H groups in total. The van der Waals surface area contributed by atoms with Crippen molar-refractivity contribution in [3.8, 4) is 0 Å². The standard InChI is InChI=1S/C21H16N6O5S3/c28-13-7-16(35-14-4-2-1-3-12(13)14)33-6-5-11-9-34-20-17(19(30)27(20)18(11)21(31)32)23-15(29)8-26-10-22-24-25-26/h1-7,10,17,20H,8-9H2,(H,23,29)(H,31,32)/b6-5+/t17?,20-/m1/s1. The van der Waals surface area contributed by atoms with Gasteiger partial charge in [-0.2, -0.15) is 0 Å². The van der Waals surface area contributed by atoms with E-state index in [2.05, 4.69) is 20.8 Å². The minimum absolute atomic E-state index is 0.0731. The molecule has 3 aromatic rings. The molecule has 0 saturated carbocycles. The van der Waals surface area contributed by atoms with E-state index < -0.39 is 29.2 Å². The van der Waals surface area contributed by atoms with Crippen LogP contribution >= 0.6 is 34.9 Å². The molecule has 0 bridgehead atoms. The first-order valence-electron chi connectivity index (χ1n) is 10.2. The van der Waals surface area contributed by atoms with Gasteiger partial charge in [-0.3, -0.25) is 19.3 Å². The first-order valence-corrected chi connectivity index (χ1v) is 12.9. The molecule has 0 spiro atoms. The fourth-order valence-corrected chi connectivity index (χ4v) is 7.01. The van der Waals surface area contributed by atoms with E-state index in [-0.39, 0.29) is 17.7 Å². The van der Waals surface area contributed by atoms with Crippen LogP contribution in [0.5, 0.6) is 0 Å². The van der Waals surface area contributed by atoms with E-state index in [0.29, 0.717) is 16.7 Å². The Labute approximate surface area is 209 Å². The number of tetrazole rings is 1. The van der Waals surface area contributed by atoms with Crippen molar-refractivity contribution < 1.29 is 19.5 Å². The third kappa shape index (κ3) is 4.59. The van der Waals surface area contributed by atoms with Gasteiger partial charge < -0.3 is 10.4 Å². The molecule has 5 rings (SSSR count). The van der Waals surface area contributed by atoms with E-state index in [0.717, 1.165) is 8.91 Å². The summed E-state index contributed by atoms with van der Waals surface area (Å²) < 4.78 is 2.87. The van der Waals surface area contributed by atoms with Crippen molar-refractivity contribution in [3.63, 3.8) is 0 Å². The van der Waals surface area contributed by atoms with Crippen molar-refractivity contribution >= 4 is 62.7 Å². The number of carbonyl (C=O) groups is 3. The first-order chi connectivity index (χ1) is 16.9. The maximum atomic E-state index is 12.7. The molecule has 11 nitrogen and oxygen atoms in total. The quantitative estimate of drug-likeness (QED) is 0.340. The van der Waals surface area contributed by atoms with Gasteiger partial charge in [0, 0.05) is 21.9 Å². The molecular formula is C21H16N6O5S3. The summed E-state index contributed by atoms with van der Waals surface area (Å²) >= 11 is 4.15. The molecule has 4 heterocycles. The van der Waals surface area contributed by atoms with Gasteiger partial charge in [0.2, 0.25) is 5.91 Å². The number of aromatic nitrogens is 4. The first kappa shape index (κ1) is 23.3. The highest BCUT2D eigenvalue weighted by molar-refractivity contribution is 8.04. The number of carbonyl (C=O) groups excluding carboxylic acids is 2. The number of nitrogens with zero attached hydrogens (tertiary/aromatic N) is 5. The molecule has 0 aliphatic carbocycles. The number of hydrogen-bond acceptors (Lipinski definition) is 10. The van der Waals surface area contributed by atoms with Crippen molar-refractivity contribution in [2.75, 3.05) is 5.75 Å². The van der Waals surface area contributed by atoms with E-state index in [1.54, 1.807) is 23.6 Å². The second-order valence-electron chi connectivity index (χ2n) is 7.49. The molecule has 178 valence electrons. The topological polar surface area (TPSA) is 147 Å². The molecule has 1 aromatic carbocycles. The number of rotatable bonds is 7. The Balaban J connectivity index is 1.30. The van der Waals surface area contributed by atoms with Crippen LogP contribution in [-0.2, 0) is 20.9 Å². The summed E-state index contributed by atoms with van der Waals surface area (Å²) in [4.78, 5) is 50.5. The zero-order chi connectivity index (χ0) is 24.5. The van der Waals surface area contributed by atoms with Gasteiger partial charge in [0.15, 0.2) is 5.43 Å². The Hall–Kier alpha value is -3.49. The van der Waals surface area contributed by atoms with Crippen molar-refractivity contribution in [3.05, 3.63) is 69.6 Å². The number of hydrogen-bond donors (Lipinski definition) is 2. The fraction of sp³-hybridized carbons (Fsp3) is 0.190. The number of aliphatic carboxylic acids is 1. The predicted molar refractivity (Wildman–Crippen MR) is 131 cm³/mol. The van der Waals surface area contributed by atoms with Gasteiger partial charge in [0.25, 0.3) is 5.91 Å². The van der Waals surface area contributed by atoms with Gasteiger partial charge in [-0.25, -0.2) is 9.48 Å². The van der Waals surface area contributed by atoms with Crippen LogP contribution in [0.2, 0.25) is 0 Å². The lowest BCUT2D eigenvalue weighted by molar-refractivity contribution is -0.150. The van der Waals surface area contributed by atoms with E-state index in [1.807, 2.05) is 18.2 Å². The molecule has 14 heteroatoms. The number of thioether (sulfide) groups is 2. The van der Waals surface area contributed by atoms with Gasteiger partial charge >= 0.3 is 5.97 Å². The van der Waals surface area contributed by atoms with Crippen LogP contribution < -0.4 is 10.7 Å². The lowest BCUT2D eigenvalue weighted by Crippen LogP contribution is -2.70. The highest BCUT2D eigenvalue weighted by Crippen LogP contribution is 2.41. The Bertz CT molecular complexity index is 1450. The molecule has 2 amide bonds. The van der Waals surface area contributed by atoms with E-state index in [1.165, 1.54) is 50.8 Å². The molecule has 2 aliphatic heterocycles. The summed E-state index contributed by atoms with van der Waals surface area (Å²) in [5.41, 5.74) is 0.301. The summed E-state index contributed by atoms with van der Waals surface area (Å²) in [7, 11) is 0. The number of fused-ring (bicyclic) bond motifs is 2. The van der Waals surface area contributed by atoms with Gasteiger partial charge in [0.05, 0.1) is 4.21 Å². The lowest BCUT2D eigenvalue weighted by Gasteiger charge is -2.49. The maximum absolute atomic E-state index is 12.7. The van der Waals surface area contributed by atoms with Crippen molar-refractivity contribution in [1.82, 2.24) is 30.4 Å². The van der Waals surface area contributed by atoms with Crippen molar-refractivity contribution in [2.45, 2.75) is 22.2 Å². The average Bonchev–Trinajstić information content (AvgIpc) is 3.35. The Morgan fingerprint density at radius 3 is 2.89 bits per heavy atom. The largest absolute Gasteiger partial charge is 0.477 e. The van der Waals surface area contributed by atoms with Gasteiger partial charge in [-0.1, -0.05) is 23.9 Å². The minimum Gasteiger partial charge on any atom is -0.477 e. The summed E-state index contributed by atoms with van der Waals surface area (Å²) in [5, 5.41) is 24.8. The van der Waals surface area contributed by atoms with Crippen LogP contribution in [0.25, 0.3) is 10.1 Å². The normalized spacial score (nSPS) is 19.7. The second kappa shape index (κ2) is 9.64. The molecule has 2 aromatic heterocycles. The molecule has 35 heavy (non-hydrogen) atoms. The lowest BCUT2D eigenvalue weighted by atomic mass is 10.0. The zero-order valence-electron chi connectivity index (χ0n) is 17.7. The average molecular weight is 529 g/mol. The number of benzene rings is 1. The molecule has 2 aliphatic rings. The number of carboxylic acid groups (broad SMARTS) is 1. The van der Waals surface area contributed by atoms with Crippen LogP contribution in [0.15, 0.2) is 68.4 Å². The van der Waals surface area contributed by atoms with Crippen LogP contribution in [0.4, 0.5) is 0 Å². The fourth-order valence-electron chi connectivity index (χ4n) is 3.71. The Morgan fingerprint density at radius 2 is 2.11 bits per heavy atom. The zero-order valence-corrected chi connectivity index (χ0v) is 20.2. The highest BCUT2D eigenvalue weighted by atomic mass is 32.2. The van der Waals surface area contributed by atoms with E-state index in [4.69, 9.17) is 0 Å². The van der Waals surface area contributed by atoms with E-state index >= 15 is 0 Å². The van der Waals surface area contributed by atoms with Crippen molar-refractivity contribution in [2.24, 2.45) is 0 Å². The molecule has 1 saturated heterocycles. The van der Waals surface area contributed by atoms with Crippen LogP contribution in [0, 0.1) is 0 Å². The van der Waals surface area contributed by atoms with Crippen LogP contribution in [0.1, 0.15) is 0 Å². The summed E-state index contributed by atoms with van der Waals surface area (Å²) in [5.74, 6) is -1.81. The Morgan fingerprint density at radius 1 is 1.29 bits per heavy atom. The number of nitrogens with one attached hydrogen (secondary N) is 1. The molecular weight excluding hydrogens is 512 g/mol. The summed E-state index contributed by atoms with van der Waals surface area (Å²) in [6, 6.07) is 8.08. The number of allylic oxidation sites excluding steroid dienone is 1. The smallest absolute Gasteiger partial charge is 0.352 e. The molecule has 0 radical (unpaired) electrons. The molecule has 1 fully saturated rings. The van der Waals surface area contributed by atoms with Crippen LogP contribution in [0.3, 0.4) is 0 Å². The van der Waals surface area contributed by atoms with Crippen molar-refractivity contribution in [1.29, 1.82) is 0 Å². The maximum Gasteiger partial charge on any atom is 0.352 e. The number of amides is 2. The predicted octanol–water partition coefficient (Wildman–Crippen LogP) is 1.29. The second-order valence-corrected chi connectivity index (χ2v) is 10.9. The summed E-state index contributed by atoms with van der Waals surface area (Å²) in [6.07, 6.45) is 2.93. The van der Waals surface area contributed by atoms with E-state index in [9.17, 15) is 24.3 Å². The third-order valence-corrected chi connectivity index (χ3v) is 8.64. The monoisotopic (exact) mass is 528 g/mol.